The third-order valence-corrected chi connectivity index (χ3v) is 0. The molecule has 0 aliphatic carbocycles. The van der Waals surface area contributed by atoms with E-state index in [1.54, 1.807) is 0 Å². The third-order valence-electron chi connectivity index (χ3n) is 0. The Morgan fingerprint density at radius 3 is 0.538 bits per heavy atom. The Morgan fingerprint density at radius 2 is 0.538 bits per heavy atom. The SMILES string of the molecule is O=[N+]([O-])[O-].O=[N+]([O-])[O-].O=[N+]([O-])[O-].[Co+3]. The molecule has 78 valence electrons. The van der Waals surface area contributed by atoms with Crippen LogP contribution in [0.3, 0.4) is 0 Å². The molecule has 0 heterocycles. The standard InChI is InChI=1S/Co.3NO3/c;3*2-1(3)4/q+3;3*-1. The molecule has 0 saturated heterocycles. The summed E-state index contributed by atoms with van der Waals surface area (Å²) in [5, 5.41) is 44.2. The number of nitrogens with zero attached hydrogens (tertiary/aromatic N) is 3. The summed E-state index contributed by atoms with van der Waals surface area (Å²) in [4.78, 5) is 24.8. The Hall–Kier alpha value is -1.89. The maximum atomic E-state index is 8.25. The van der Waals surface area contributed by atoms with E-state index in [2.05, 4.69) is 0 Å². The number of rotatable bonds is 0. The summed E-state index contributed by atoms with van der Waals surface area (Å²) in [5.74, 6) is 0. The van der Waals surface area contributed by atoms with Crippen LogP contribution in [0.4, 0.5) is 0 Å². The molecule has 0 amide bonds. The molecular weight excluding hydrogens is 245 g/mol. The quantitative estimate of drug-likeness (QED) is 0.389. The number of hydrogen-bond acceptors (Lipinski definition) is 9. The van der Waals surface area contributed by atoms with Gasteiger partial charge in [-0.3, -0.25) is 0 Å². The summed E-state index contributed by atoms with van der Waals surface area (Å²) < 4.78 is 0. The fraction of sp³-hybridized carbons (Fsp3) is 0. The van der Waals surface area contributed by atoms with Crippen LogP contribution in [-0.2, 0) is 16.8 Å². The van der Waals surface area contributed by atoms with Gasteiger partial charge in [0.05, 0.1) is 15.3 Å². The van der Waals surface area contributed by atoms with Crippen molar-refractivity contribution in [1.82, 2.24) is 0 Å². The van der Waals surface area contributed by atoms with Gasteiger partial charge in [0, 0.05) is 0 Å². The van der Waals surface area contributed by atoms with Crippen molar-refractivity contribution in [3.05, 3.63) is 46.0 Å². The van der Waals surface area contributed by atoms with Gasteiger partial charge in [-0.25, -0.2) is 0 Å². The molecule has 0 unspecified atom stereocenters. The van der Waals surface area contributed by atoms with E-state index in [1.807, 2.05) is 0 Å². The van der Waals surface area contributed by atoms with Crippen molar-refractivity contribution < 1.29 is 32.0 Å². The van der Waals surface area contributed by atoms with Gasteiger partial charge < -0.3 is 46.0 Å². The van der Waals surface area contributed by atoms with Crippen LogP contribution in [0.2, 0.25) is 0 Å². The Balaban J connectivity index is -0.0000000450. The van der Waals surface area contributed by atoms with Crippen LogP contribution in [0.1, 0.15) is 0 Å². The van der Waals surface area contributed by atoms with E-state index >= 15 is 0 Å². The second kappa shape index (κ2) is 16.6. The second-order valence-electron chi connectivity index (χ2n) is 0.671. The van der Waals surface area contributed by atoms with E-state index in [-0.39, 0.29) is 16.8 Å². The first-order chi connectivity index (χ1) is 5.20. The topological polar surface area (TPSA) is 199 Å². The van der Waals surface area contributed by atoms with Gasteiger partial charge >= 0.3 is 16.8 Å². The molecule has 0 N–H and O–H groups in total. The minimum atomic E-state index is -1.75. The Labute approximate surface area is 78.9 Å². The normalized spacial score (nSPS) is 5.54. The van der Waals surface area contributed by atoms with Gasteiger partial charge in [-0.1, -0.05) is 0 Å². The Morgan fingerprint density at radius 1 is 0.538 bits per heavy atom. The molecule has 0 radical (unpaired) electrons. The molecule has 0 fully saturated rings. The molecule has 13 heteroatoms. The van der Waals surface area contributed by atoms with E-state index in [1.165, 1.54) is 0 Å². The third kappa shape index (κ3) is 185. The minimum absolute atomic E-state index is 0. The van der Waals surface area contributed by atoms with Crippen LogP contribution in [0.25, 0.3) is 0 Å². The van der Waals surface area contributed by atoms with Crippen molar-refractivity contribution >= 4 is 0 Å². The van der Waals surface area contributed by atoms with Crippen molar-refractivity contribution in [2.45, 2.75) is 0 Å². The molecule has 0 aromatic carbocycles. The van der Waals surface area contributed by atoms with E-state index in [0.717, 1.165) is 0 Å². The fourth-order valence-electron chi connectivity index (χ4n) is 0. The predicted molar refractivity (Wildman–Crippen MR) is 31.1 cm³/mol. The average molecular weight is 245 g/mol. The zero-order valence-electron chi connectivity index (χ0n) is 5.35. The number of hydrogen-bond donors (Lipinski definition) is 0. The zero-order chi connectivity index (χ0) is 10.7. The molecular formula is CoN3O9. The van der Waals surface area contributed by atoms with Gasteiger partial charge in [0.15, 0.2) is 0 Å². The molecule has 0 saturated carbocycles. The van der Waals surface area contributed by atoms with Crippen LogP contribution in [0.5, 0.6) is 0 Å². The maximum absolute atomic E-state index is 8.25. The molecule has 0 aromatic heterocycles. The van der Waals surface area contributed by atoms with Crippen LogP contribution >= 0.6 is 0 Å². The van der Waals surface area contributed by atoms with Gasteiger partial charge in [0.1, 0.15) is 0 Å². The molecule has 0 aliphatic rings. The molecule has 0 spiro atoms. The Kier molecular flexibility index (Phi) is 28.7. The molecule has 0 atom stereocenters. The van der Waals surface area contributed by atoms with Crippen LogP contribution in [-0.4, -0.2) is 15.3 Å². The largest absolute Gasteiger partial charge is 3.00 e. The van der Waals surface area contributed by atoms with Crippen molar-refractivity contribution in [1.29, 1.82) is 0 Å². The molecule has 13 heavy (non-hydrogen) atoms. The van der Waals surface area contributed by atoms with Crippen LogP contribution in [0.15, 0.2) is 0 Å². The smallest absolute Gasteiger partial charge is 0.356 e. The first-order valence-electron chi connectivity index (χ1n) is 1.64. The zero-order valence-corrected chi connectivity index (χ0v) is 6.39. The molecule has 0 aromatic rings. The second-order valence-corrected chi connectivity index (χ2v) is 0.671. The first kappa shape index (κ1) is 22.5. The van der Waals surface area contributed by atoms with Crippen LogP contribution < -0.4 is 0 Å². The molecule has 0 bridgehead atoms. The van der Waals surface area contributed by atoms with Gasteiger partial charge in [0.2, 0.25) is 0 Å². The van der Waals surface area contributed by atoms with E-state index in [9.17, 15) is 0 Å². The van der Waals surface area contributed by atoms with Crippen LogP contribution in [0, 0.1) is 46.0 Å². The monoisotopic (exact) mass is 245 g/mol. The van der Waals surface area contributed by atoms with Crippen molar-refractivity contribution in [2.75, 3.05) is 0 Å². The molecule has 0 rings (SSSR count). The van der Waals surface area contributed by atoms with Gasteiger partial charge in [0.25, 0.3) is 0 Å². The van der Waals surface area contributed by atoms with Crippen molar-refractivity contribution in [2.24, 2.45) is 0 Å². The van der Waals surface area contributed by atoms with Crippen molar-refractivity contribution in [3.8, 4) is 0 Å². The average Bonchev–Trinajstić information content (AvgIpc) is 1.54. The predicted octanol–water partition coefficient (Wildman–Crippen LogP) is -0.720. The summed E-state index contributed by atoms with van der Waals surface area (Å²) in [6.07, 6.45) is 0. The van der Waals surface area contributed by atoms with Gasteiger partial charge in [-0.05, 0) is 0 Å². The fourth-order valence-corrected chi connectivity index (χ4v) is 0. The molecule has 0 aliphatic heterocycles. The summed E-state index contributed by atoms with van der Waals surface area (Å²) in [5.41, 5.74) is 0. The summed E-state index contributed by atoms with van der Waals surface area (Å²) in [7, 11) is 0. The van der Waals surface area contributed by atoms with Gasteiger partial charge in [-0.15, -0.1) is 0 Å². The first-order valence-corrected chi connectivity index (χ1v) is 1.64. The van der Waals surface area contributed by atoms with Gasteiger partial charge in [-0.2, -0.15) is 0 Å². The van der Waals surface area contributed by atoms with Crippen molar-refractivity contribution in [3.63, 3.8) is 0 Å². The van der Waals surface area contributed by atoms with E-state index in [0.29, 0.717) is 0 Å². The molecule has 12 nitrogen and oxygen atoms in total. The van der Waals surface area contributed by atoms with E-state index < -0.39 is 15.3 Å². The summed E-state index contributed by atoms with van der Waals surface area (Å²) in [6, 6.07) is 0. The maximum Gasteiger partial charge on any atom is 3.00 e. The van der Waals surface area contributed by atoms with E-state index in [4.69, 9.17) is 46.0 Å². The Bertz CT molecular complexity index is 112. The summed E-state index contributed by atoms with van der Waals surface area (Å²) >= 11 is 0. The summed E-state index contributed by atoms with van der Waals surface area (Å²) in [6.45, 7) is 0. The minimum Gasteiger partial charge on any atom is -0.356 e.